The van der Waals surface area contributed by atoms with E-state index in [0.29, 0.717) is 32.4 Å². The van der Waals surface area contributed by atoms with Gasteiger partial charge in [0, 0.05) is 31.5 Å². The molecule has 134 valence electrons. The van der Waals surface area contributed by atoms with Gasteiger partial charge >= 0.3 is 6.09 Å². The lowest BCUT2D eigenvalue weighted by molar-refractivity contribution is -0.137. The third-order valence-corrected chi connectivity index (χ3v) is 3.33. The van der Waals surface area contributed by atoms with E-state index in [1.165, 1.54) is 0 Å². The molecular weight excluding hydrogens is 308 g/mol. The molecule has 1 aliphatic heterocycles. The number of aliphatic hydroxyl groups is 3. The summed E-state index contributed by atoms with van der Waals surface area (Å²) >= 11 is 0. The Labute approximate surface area is 134 Å². The Morgan fingerprint density at radius 3 is 2.30 bits per heavy atom. The largest absolute Gasteiger partial charge is 0.465 e. The van der Waals surface area contributed by atoms with Crippen molar-refractivity contribution in [3.63, 3.8) is 0 Å². The average Bonchev–Trinajstić information content (AvgIpc) is 2.93. The second kappa shape index (κ2) is 10.1. The number of nitrogens with one attached hydrogen (secondary N) is 1. The van der Waals surface area contributed by atoms with Crippen LogP contribution in [0.4, 0.5) is 4.79 Å². The first kappa shape index (κ1) is 21.3. The molecule has 1 saturated heterocycles. The van der Waals surface area contributed by atoms with Gasteiger partial charge in [-0.3, -0.25) is 9.59 Å². The standard InChI is InChI=1S/C9H19NO4.C5H7NO3/c1-9(2,6-12)7(13)8(14)10-4-3-5-11;7-4-2-1-3-6(4)5(8)9/h7,11-13H,3-6H2,1-2H3,(H,10,14);1-3H2,(H,8,9)/t7-;/m0./s1. The lowest BCUT2D eigenvalue weighted by atomic mass is 9.87. The molecule has 23 heavy (non-hydrogen) atoms. The summed E-state index contributed by atoms with van der Waals surface area (Å²) in [7, 11) is 0. The first-order chi connectivity index (χ1) is 10.7. The number of carboxylic acid groups (broad SMARTS) is 1. The highest BCUT2D eigenvalue weighted by Gasteiger charge is 2.32. The molecule has 0 aromatic heterocycles. The summed E-state index contributed by atoms with van der Waals surface area (Å²) in [5.41, 5.74) is -0.844. The third kappa shape index (κ3) is 7.40. The first-order valence-corrected chi connectivity index (χ1v) is 7.38. The number of rotatable bonds is 6. The quantitative estimate of drug-likeness (QED) is 0.397. The average molecular weight is 334 g/mol. The second-order valence-electron chi connectivity index (χ2n) is 5.85. The van der Waals surface area contributed by atoms with Crippen molar-refractivity contribution in [2.24, 2.45) is 5.41 Å². The van der Waals surface area contributed by atoms with Crippen molar-refractivity contribution >= 4 is 17.9 Å². The zero-order chi connectivity index (χ0) is 18.0. The van der Waals surface area contributed by atoms with Crippen LogP contribution in [-0.4, -0.2) is 75.6 Å². The number of aliphatic hydroxyl groups excluding tert-OH is 3. The molecule has 3 amide bonds. The van der Waals surface area contributed by atoms with E-state index in [4.69, 9.17) is 15.3 Å². The van der Waals surface area contributed by atoms with Crippen LogP contribution in [0.5, 0.6) is 0 Å². The van der Waals surface area contributed by atoms with E-state index < -0.39 is 23.5 Å². The second-order valence-corrected chi connectivity index (χ2v) is 5.85. The summed E-state index contributed by atoms with van der Waals surface area (Å²) in [4.78, 5) is 32.8. The molecule has 0 aromatic carbocycles. The van der Waals surface area contributed by atoms with Crippen LogP contribution in [0, 0.1) is 5.41 Å². The molecule has 0 saturated carbocycles. The lowest BCUT2D eigenvalue weighted by Gasteiger charge is -2.27. The van der Waals surface area contributed by atoms with E-state index >= 15 is 0 Å². The van der Waals surface area contributed by atoms with Crippen molar-refractivity contribution in [3.05, 3.63) is 0 Å². The highest BCUT2D eigenvalue weighted by Crippen LogP contribution is 2.19. The molecule has 1 heterocycles. The van der Waals surface area contributed by atoms with E-state index in [0.717, 1.165) is 4.90 Å². The van der Waals surface area contributed by atoms with Crippen LogP contribution in [0.3, 0.4) is 0 Å². The van der Waals surface area contributed by atoms with E-state index in [1.807, 2.05) is 0 Å². The van der Waals surface area contributed by atoms with Gasteiger partial charge in [-0.25, -0.2) is 9.69 Å². The minimum absolute atomic E-state index is 0.000230. The number of hydrogen-bond acceptors (Lipinski definition) is 6. The van der Waals surface area contributed by atoms with Gasteiger partial charge in [-0.2, -0.15) is 0 Å². The molecule has 5 N–H and O–H groups in total. The van der Waals surface area contributed by atoms with Crippen LogP contribution in [0.15, 0.2) is 0 Å². The van der Waals surface area contributed by atoms with Crippen LogP contribution in [0.25, 0.3) is 0 Å². The van der Waals surface area contributed by atoms with Crippen LogP contribution in [-0.2, 0) is 9.59 Å². The van der Waals surface area contributed by atoms with Gasteiger partial charge in [-0.15, -0.1) is 0 Å². The molecule has 9 heteroatoms. The third-order valence-electron chi connectivity index (χ3n) is 3.33. The Morgan fingerprint density at radius 1 is 1.35 bits per heavy atom. The number of nitrogens with zero attached hydrogens (tertiary/aromatic N) is 1. The summed E-state index contributed by atoms with van der Waals surface area (Å²) < 4.78 is 0. The Bertz CT molecular complexity index is 412. The number of amides is 3. The van der Waals surface area contributed by atoms with Crippen molar-refractivity contribution in [1.82, 2.24) is 10.2 Å². The smallest absolute Gasteiger partial charge is 0.414 e. The fourth-order valence-electron chi connectivity index (χ4n) is 1.68. The maximum Gasteiger partial charge on any atom is 0.414 e. The molecular formula is C14H26N2O7. The van der Waals surface area contributed by atoms with Gasteiger partial charge in [0.2, 0.25) is 11.8 Å². The van der Waals surface area contributed by atoms with Crippen LogP contribution in [0.2, 0.25) is 0 Å². The highest BCUT2D eigenvalue weighted by atomic mass is 16.4. The van der Waals surface area contributed by atoms with Gasteiger partial charge in [0.15, 0.2) is 0 Å². The minimum Gasteiger partial charge on any atom is -0.465 e. The summed E-state index contributed by atoms with van der Waals surface area (Å²) in [5, 5.41) is 37.6. The van der Waals surface area contributed by atoms with Crippen LogP contribution >= 0.6 is 0 Å². The van der Waals surface area contributed by atoms with Gasteiger partial charge < -0.3 is 25.7 Å². The SMILES string of the molecule is CC(C)(CO)[C@@H](O)C(=O)NCCCO.O=C(O)N1CCCC1=O. The fourth-order valence-corrected chi connectivity index (χ4v) is 1.68. The maximum absolute atomic E-state index is 11.3. The molecule has 0 bridgehead atoms. The zero-order valence-corrected chi connectivity index (χ0v) is 13.5. The normalized spacial score (nSPS) is 15.7. The Kier molecular flexibility index (Phi) is 9.38. The van der Waals surface area contributed by atoms with Crippen LogP contribution in [0.1, 0.15) is 33.1 Å². The van der Waals surface area contributed by atoms with Crippen LogP contribution < -0.4 is 5.32 Å². The molecule has 0 aromatic rings. The first-order valence-electron chi connectivity index (χ1n) is 7.38. The summed E-state index contributed by atoms with van der Waals surface area (Å²) in [5.74, 6) is -0.792. The topological polar surface area (TPSA) is 147 Å². The van der Waals surface area contributed by atoms with Gasteiger partial charge in [-0.1, -0.05) is 13.8 Å². The summed E-state index contributed by atoms with van der Waals surface area (Å²) in [6, 6.07) is 0. The number of carbonyl (C=O) groups is 3. The molecule has 1 rings (SSSR count). The van der Waals surface area contributed by atoms with Crippen molar-refractivity contribution < 1.29 is 34.8 Å². The number of likely N-dealkylation sites (tertiary alicyclic amines) is 1. The molecule has 0 radical (unpaired) electrons. The summed E-state index contributed by atoms with van der Waals surface area (Å²) in [6.07, 6.45) is -0.848. The Balaban J connectivity index is 0.000000459. The minimum atomic E-state index is -1.23. The van der Waals surface area contributed by atoms with Crippen molar-refractivity contribution in [3.8, 4) is 0 Å². The Hall–Kier alpha value is -1.71. The monoisotopic (exact) mass is 334 g/mol. The van der Waals surface area contributed by atoms with Gasteiger partial charge in [-0.05, 0) is 12.8 Å². The Morgan fingerprint density at radius 2 is 1.96 bits per heavy atom. The maximum atomic E-state index is 11.3. The van der Waals surface area contributed by atoms with Gasteiger partial charge in [0.05, 0.1) is 6.61 Å². The molecule has 1 atom stereocenters. The van der Waals surface area contributed by atoms with E-state index in [1.54, 1.807) is 13.8 Å². The predicted molar refractivity (Wildman–Crippen MR) is 80.6 cm³/mol. The highest BCUT2D eigenvalue weighted by molar-refractivity contribution is 5.92. The van der Waals surface area contributed by atoms with Gasteiger partial charge in [0.1, 0.15) is 6.10 Å². The number of imide groups is 1. The van der Waals surface area contributed by atoms with Crippen molar-refractivity contribution in [2.75, 3.05) is 26.3 Å². The molecule has 1 fully saturated rings. The van der Waals surface area contributed by atoms with Crippen molar-refractivity contribution in [1.29, 1.82) is 0 Å². The molecule has 0 spiro atoms. The number of carbonyl (C=O) groups excluding carboxylic acids is 2. The molecule has 1 aliphatic rings. The predicted octanol–water partition coefficient (Wildman–Crippen LogP) is -0.849. The van der Waals surface area contributed by atoms with Gasteiger partial charge in [0.25, 0.3) is 0 Å². The number of hydrogen-bond donors (Lipinski definition) is 5. The van der Waals surface area contributed by atoms with Crippen molar-refractivity contribution in [2.45, 2.75) is 39.2 Å². The lowest BCUT2D eigenvalue weighted by Crippen LogP contribution is -2.45. The van der Waals surface area contributed by atoms with E-state index in [-0.39, 0.29) is 19.1 Å². The molecule has 9 nitrogen and oxygen atoms in total. The van der Waals surface area contributed by atoms with E-state index in [2.05, 4.69) is 5.32 Å². The molecule has 0 aliphatic carbocycles. The molecule has 0 unspecified atom stereocenters. The zero-order valence-electron chi connectivity index (χ0n) is 13.5. The fraction of sp³-hybridized carbons (Fsp3) is 0.786. The van der Waals surface area contributed by atoms with E-state index in [9.17, 15) is 19.5 Å². The summed E-state index contributed by atoms with van der Waals surface area (Å²) in [6.45, 7) is 3.63.